The van der Waals surface area contributed by atoms with Crippen LogP contribution in [0.3, 0.4) is 0 Å². The topological polar surface area (TPSA) is 35.6 Å². The lowest BCUT2D eigenvalue weighted by atomic mass is 9.73. The maximum Gasteiger partial charge on any atom is 0.392 e. The smallest absolute Gasteiger partial charge is 0.339 e. The third kappa shape index (κ3) is 4.32. The standard InChI is InChI=1S/C22H36F3N3O/c1-14(11-20-26-9-10-27(20)2)15-5-3-6-16(12-15)28-13-18-17(21(28)29)7-4-8-19(18)22(23,24)25/h14-20,26H,3-13H2,1-2H3/t14-,15?,16?,17?,18?,19?,20?/m1/s1. The first-order valence-corrected chi connectivity index (χ1v) is 11.6. The van der Waals surface area contributed by atoms with E-state index in [9.17, 15) is 18.0 Å². The van der Waals surface area contributed by atoms with E-state index < -0.39 is 23.9 Å². The Balaban J connectivity index is 1.40. The van der Waals surface area contributed by atoms with Crippen LogP contribution in [0.2, 0.25) is 0 Å². The van der Waals surface area contributed by atoms with Crippen molar-refractivity contribution in [2.24, 2.45) is 29.6 Å². The van der Waals surface area contributed by atoms with Crippen LogP contribution in [0, 0.1) is 29.6 Å². The van der Waals surface area contributed by atoms with Gasteiger partial charge in [-0.3, -0.25) is 9.69 Å². The fraction of sp³-hybridized carbons (Fsp3) is 0.955. The van der Waals surface area contributed by atoms with Crippen molar-refractivity contribution in [2.45, 2.75) is 76.7 Å². The van der Waals surface area contributed by atoms with Crippen LogP contribution in [0.4, 0.5) is 13.2 Å². The van der Waals surface area contributed by atoms with E-state index in [-0.39, 0.29) is 18.4 Å². The molecule has 0 spiro atoms. The molecule has 29 heavy (non-hydrogen) atoms. The van der Waals surface area contributed by atoms with Gasteiger partial charge >= 0.3 is 6.18 Å². The van der Waals surface area contributed by atoms with Crippen LogP contribution in [0.25, 0.3) is 0 Å². The summed E-state index contributed by atoms with van der Waals surface area (Å²) in [6, 6.07) is 0.137. The predicted molar refractivity (Wildman–Crippen MR) is 106 cm³/mol. The van der Waals surface area contributed by atoms with Crippen molar-refractivity contribution >= 4 is 5.91 Å². The number of amides is 1. The molecule has 2 aliphatic heterocycles. The maximum absolute atomic E-state index is 13.5. The van der Waals surface area contributed by atoms with E-state index >= 15 is 0 Å². The summed E-state index contributed by atoms with van der Waals surface area (Å²) in [7, 11) is 2.16. The van der Waals surface area contributed by atoms with Crippen LogP contribution in [0.15, 0.2) is 0 Å². The van der Waals surface area contributed by atoms with Gasteiger partial charge in [-0.05, 0) is 56.9 Å². The summed E-state index contributed by atoms with van der Waals surface area (Å²) in [6.07, 6.45) is 2.87. The molecule has 1 amide bonds. The molecule has 1 N–H and O–H groups in total. The molecule has 4 rings (SSSR count). The number of halogens is 3. The lowest BCUT2D eigenvalue weighted by molar-refractivity contribution is -0.198. The molecule has 4 fully saturated rings. The van der Waals surface area contributed by atoms with E-state index in [0.29, 0.717) is 37.4 Å². The second kappa shape index (κ2) is 8.37. The molecular weight excluding hydrogens is 379 g/mol. The van der Waals surface area contributed by atoms with E-state index in [1.165, 1.54) is 6.42 Å². The van der Waals surface area contributed by atoms with Gasteiger partial charge in [0.15, 0.2) is 0 Å². The van der Waals surface area contributed by atoms with E-state index in [1.54, 1.807) is 0 Å². The summed E-state index contributed by atoms with van der Waals surface area (Å²) >= 11 is 0. The van der Waals surface area contributed by atoms with Crippen molar-refractivity contribution in [3.8, 4) is 0 Å². The molecule has 4 nitrogen and oxygen atoms in total. The van der Waals surface area contributed by atoms with Crippen LogP contribution < -0.4 is 5.32 Å². The highest BCUT2D eigenvalue weighted by Crippen LogP contribution is 2.49. The van der Waals surface area contributed by atoms with Crippen LogP contribution in [0.1, 0.15) is 58.3 Å². The molecule has 166 valence electrons. The van der Waals surface area contributed by atoms with Gasteiger partial charge in [-0.1, -0.05) is 26.2 Å². The van der Waals surface area contributed by atoms with Crippen molar-refractivity contribution < 1.29 is 18.0 Å². The zero-order valence-corrected chi connectivity index (χ0v) is 17.8. The van der Waals surface area contributed by atoms with E-state index in [4.69, 9.17) is 0 Å². The lowest BCUT2D eigenvalue weighted by Gasteiger charge is -2.39. The Morgan fingerprint density at radius 2 is 1.93 bits per heavy atom. The number of fused-ring (bicyclic) bond motifs is 1. The van der Waals surface area contributed by atoms with Gasteiger partial charge in [-0.15, -0.1) is 0 Å². The van der Waals surface area contributed by atoms with Crippen molar-refractivity contribution in [2.75, 3.05) is 26.7 Å². The minimum Gasteiger partial charge on any atom is -0.339 e. The number of hydrogen-bond donors (Lipinski definition) is 1. The first kappa shape index (κ1) is 21.4. The van der Waals surface area contributed by atoms with Gasteiger partial charge in [0.2, 0.25) is 5.91 Å². The third-order valence-electron chi connectivity index (χ3n) is 8.40. The number of rotatable bonds is 4. The zero-order chi connectivity index (χ0) is 20.8. The second-order valence-corrected chi connectivity index (χ2v) is 10.1. The zero-order valence-electron chi connectivity index (χ0n) is 17.8. The molecule has 2 saturated heterocycles. The number of carbonyl (C=O) groups is 1. The average molecular weight is 416 g/mol. The molecule has 2 aliphatic carbocycles. The van der Waals surface area contributed by atoms with Gasteiger partial charge in [0.1, 0.15) is 0 Å². The second-order valence-electron chi connectivity index (χ2n) is 10.1. The van der Waals surface area contributed by atoms with Crippen LogP contribution in [0.5, 0.6) is 0 Å². The van der Waals surface area contributed by atoms with Crippen molar-refractivity contribution in [1.82, 2.24) is 15.1 Å². The van der Waals surface area contributed by atoms with E-state index in [1.807, 2.05) is 4.90 Å². The van der Waals surface area contributed by atoms with Crippen LogP contribution >= 0.6 is 0 Å². The Kier molecular flexibility index (Phi) is 6.18. The molecule has 0 aromatic carbocycles. The Morgan fingerprint density at radius 1 is 1.17 bits per heavy atom. The van der Waals surface area contributed by atoms with Gasteiger partial charge in [0, 0.05) is 31.6 Å². The number of likely N-dealkylation sites (N-methyl/N-ethyl adjacent to an activating group) is 1. The Hall–Kier alpha value is -0.820. The first-order valence-electron chi connectivity index (χ1n) is 11.6. The summed E-state index contributed by atoms with van der Waals surface area (Å²) in [4.78, 5) is 17.3. The number of carbonyl (C=O) groups excluding carboxylic acids is 1. The van der Waals surface area contributed by atoms with Crippen molar-refractivity contribution in [1.29, 1.82) is 0 Å². The summed E-state index contributed by atoms with van der Waals surface area (Å²) in [6.45, 7) is 4.75. The van der Waals surface area contributed by atoms with Crippen molar-refractivity contribution in [3.63, 3.8) is 0 Å². The molecule has 2 heterocycles. The van der Waals surface area contributed by atoms with Gasteiger partial charge in [-0.25, -0.2) is 0 Å². The number of nitrogens with zero attached hydrogens (tertiary/aromatic N) is 2. The number of likely N-dealkylation sites (tertiary alicyclic amines) is 1. The molecule has 7 atom stereocenters. The molecule has 0 aromatic heterocycles. The molecule has 0 aromatic rings. The highest BCUT2D eigenvalue weighted by molar-refractivity contribution is 5.82. The van der Waals surface area contributed by atoms with Crippen LogP contribution in [-0.4, -0.2) is 60.8 Å². The minimum absolute atomic E-state index is 0.0134. The Morgan fingerprint density at radius 3 is 2.62 bits per heavy atom. The summed E-state index contributed by atoms with van der Waals surface area (Å²) < 4.78 is 40.6. The molecule has 2 saturated carbocycles. The summed E-state index contributed by atoms with van der Waals surface area (Å²) in [5.74, 6) is -1.09. The Bertz CT molecular complexity index is 598. The molecule has 0 bridgehead atoms. The third-order valence-corrected chi connectivity index (χ3v) is 8.40. The normalized spacial score (nSPS) is 40.3. The quantitative estimate of drug-likeness (QED) is 0.757. The average Bonchev–Trinajstić information content (AvgIpc) is 3.24. The molecular formula is C22H36F3N3O. The number of alkyl halides is 3. The van der Waals surface area contributed by atoms with E-state index in [2.05, 4.69) is 24.2 Å². The molecule has 7 heteroatoms. The van der Waals surface area contributed by atoms with Crippen LogP contribution in [-0.2, 0) is 4.79 Å². The largest absolute Gasteiger partial charge is 0.392 e. The van der Waals surface area contributed by atoms with Gasteiger partial charge in [0.25, 0.3) is 0 Å². The SMILES string of the molecule is C[C@H](CC1NCCN1C)C1CCCC(N2CC3C(CCCC3C(F)(F)F)C2=O)C1. The number of hydrogen-bond acceptors (Lipinski definition) is 3. The number of nitrogens with one attached hydrogen (secondary N) is 1. The lowest BCUT2D eigenvalue weighted by Crippen LogP contribution is -2.43. The highest BCUT2D eigenvalue weighted by Gasteiger charge is 2.55. The summed E-state index contributed by atoms with van der Waals surface area (Å²) in [5.41, 5.74) is 0. The molecule has 4 aliphatic rings. The van der Waals surface area contributed by atoms with Gasteiger partial charge in [-0.2, -0.15) is 13.2 Å². The van der Waals surface area contributed by atoms with E-state index in [0.717, 1.165) is 38.8 Å². The maximum atomic E-state index is 13.5. The fourth-order valence-electron chi connectivity index (χ4n) is 6.62. The molecule has 0 radical (unpaired) electrons. The van der Waals surface area contributed by atoms with Gasteiger partial charge < -0.3 is 10.2 Å². The predicted octanol–water partition coefficient (Wildman–Crippen LogP) is 3.87. The van der Waals surface area contributed by atoms with Crippen molar-refractivity contribution in [3.05, 3.63) is 0 Å². The monoisotopic (exact) mass is 415 g/mol. The highest BCUT2D eigenvalue weighted by atomic mass is 19.4. The Labute approximate surface area is 172 Å². The fourth-order valence-corrected chi connectivity index (χ4v) is 6.62. The minimum atomic E-state index is -4.18. The molecule has 6 unspecified atom stereocenters. The first-order chi connectivity index (χ1) is 13.8. The van der Waals surface area contributed by atoms with Gasteiger partial charge in [0.05, 0.1) is 12.1 Å². The summed E-state index contributed by atoms with van der Waals surface area (Å²) in [5, 5.41) is 3.56.